The Hall–Kier alpha value is -2.23. The number of hydrogen-bond donors (Lipinski definition) is 0. The van der Waals surface area contributed by atoms with Crippen molar-refractivity contribution in [3.8, 4) is 11.5 Å². The molecule has 0 fully saturated rings. The van der Waals surface area contributed by atoms with Gasteiger partial charge in [0.25, 0.3) is 0 Å². The van der Waals surface area contributed by atoms with Gasteiger partial charge in [-0.05, 0) is 24.3 Å². The third-order valence-electron chi connectivity index (χ3n) is 2.24. The molecule has 1 aromatic carbocycles. The summed E-state index contributed by atoms with van der Waals surface area (Å²) in [5.74, 6) is -0.114. The summed E-state index contributed by atoms with van der Waals surface area (Å²) in [6.45, 7) is 0. The fourth-order valence-corrected chi connectivity index (χ4v) is 1.50. The van der Waals surface area contributed by atoms with E-state index >= 15 is 0 Å². The van der Waals surface area contributed by atoms with Gasteiger partial charge in [-0.25, -0.2) is 4.98 Å². The molecule has 0 saturated carbocycles. The largest absolute Gasteiger partial charge is 0.418 e. The maximum absolute atomic E-state index is 12.8. The molecule has 0 aliphatic heterocycles. The first-order chi connectivity index (χ1) is 7.83. The summed E-state index contributed by atoms with van der Waals surface area (Å²) in [5.41, 5.74) is 1.63. The lowest BCUT2D eigenvalue weighted by atomic mass is 10.2. The molecule has 0 aliphatic carbocycles. The number of aromatic nitrogens is 2. The Morgan fingerprint density at radius 3 is 2.56 bits per heavy atom. The van der Waals surface area contributed by atoms with Crippen LogP contribution in [0.3, 0.4) is 0 Å². The highest BCUT2D eigenvalue weighted by Gasteiger charge is 2.09. The fraction of sp³-hybridized carbons (Fsp3) is 0. The molecule has 0 unspecified atom stereocenters. The second-order valence-corrected chi connectivity index (χ2v) is 3.34. The van der Waals surface area contributed by atoms with Crippen LogP contribution in [0.2, 0.25) is 0 Å². The Morgan fingerprint density at radius 2 is 1.75 bits per heavy atom. The van der Waals surface area contributed by atoms with Gasteiger partial charge in [-0.3, -0.25) is 0 Å². The second kappa shape index (κ2) is 3.41. The van der Waals surface area contributed by atoms with Crippen molar-refractivity contribution < 1.29 is 8.81 Å². The first-order valence-electron chi connectivity index (χ1n) is 4.81. The zero-order chi connectivity index (χ0) is 11.0. The molecule has 3 aromatic rings. The topological polar surface area (TPSA) is 38.9 Å². The summed E-state index contributed by atoms with van der Waals surface area (Å²) in [4.78, 5) is 7.85. The highest BCUT2D eigenvalue weighted by atomic mass is 19.1. The minimum absolute atomic E-state index is 0.221. The summed E-state index contributed by atoms with van der Waals surface area (Å²) < 4.78 is 18.2. The lowest BCUT2D eigenvalue weighted by Gasteiger charge is -1.91. The monoisotopic (exact) mass is 214 g/mol. The van der Waals surface area contributed by atoms with Gasteiger partial charge in [0, 0.05) is 5.56 Å². The van der Waals surface area contributed by atoms with E-state index in [2.05, 4.69) is 9.97 Å². The Morgan fingerprint density at radius 1 is 0.938 bits per heavy atom. The minimum Gasteiger partial charge on any atom is -0.418 e. The first-order valence-corrected chi connectivity index (χ1v) is 4.81. The fourth-order valence-electron chi connectivity index (χ4n) is 1.50. The summed E-state index contributed by atoms with van der Waals surface area (Å²) >= 11 is 0. The van der Waals surface area contributed by atoms with Crippen molar-refractivity contribution in [2.75, 3.05) is 0 Å². The Bertz CT molecular complexity index is 634. The third kappa shape index (κ3) is 1.44. The number of benzene rings is 1. The lowest BCUT2D eigenvalue weighted by Crippen LogP contribution is -1.79. The van der Waals surface area contributed by atoms with E-state index in [1.54, 1.807) is 6.07 Å². The molecule has 3 rings (SSSR count). The van der Waals surface area contributed by atoms with E-state index in [9.17, 15) is 4.39 Å². The van der Waals surface area contributed by atoms with Crippen LogP contribution in [0.4, 0.5) is 4.39 Å². The third-order valence-corrected chi connectivity index (χ3v) is 2.24. The average Bonchev–Trinajstić information content (AvgIpc) is 2.73. The molecule has 0 spiro atoms. The zero-order valence-electron chi connectivity index (χ0n) is 8.22. The van der Waals surface area contributed by atoms with Crippen molar-refractivity contribution in [2.45, 2.75) is 0 Å². The molecule has 0 N–H and O–H groups in total. The number of pyridine rings is 1. The van der Waals surface area contributed by atoms with Gasteiger partial charge in [0.2, 0.25) is 17.6 Å². The van der Waals surface area contributed by atoms with E-state index in [1.165, 1.54) is 6.07 Å². The van der Waals surface area contributed by atoms with E-state index in [0.717, 1.165) is 5.56 Å². The zero-order valence-corrected chi connectivity index (χ0v) is 8.22. The van der Waals surface area contributed by atoms with Gasteiger partial charge in [-0.15, -0.1) is 0 Å². The summed E-state index contributed by atoms with van der Waals surface area (Å²) in [7, 11) is 0. The highest BCUT2D eigenvalue weighted by Crippen LogP contribution is 2.22. The van der Waals surface area contributed by atoms with Gasteiger partial charge in [-0.2, -0.15) is 9.37 Å². The van der Waals surface area contributed by atoms with Crippen LogP contribution in [0.15, 0.2) is 46.9 Å². The molecule has 16 heavy (non-hydrogen) atoms. The number of halogens is 1. The molecule has 2 aromatic heterocycles. The maximum atomic E-state index is 12.8. The number of oxazole rings is 1. The van der Waals surface area contributed by atoms with Crippen molar-refractivity contribution in [3.63, 3.8) is 0 Å². The summed E-state index contributed by atoms with van der Waals surface area (Å²) in [5, 5.41) is 0. The molecule has 0 saturated heterocycles. The Labute approximate surface area is 90.6 Å². The van der Waals surface area contributed by atoms with Gasteiger partial charge in [0.15, 0.2) is 0 Å². The quantitative estimate of drug-likeness (QED) is 0.584. The maximum Gasteiger partial charge on any atom is 0.250 e. The van der Waals surface area contributed by atoms with Gasteiger partial charge in [-0.1, -0.05) is 18.2 Å². The molecular formula is C12H7FN2O. The van der Waals surface area contributed by atoms with Crippen LogP contribution in [0.1, 0.15) is 0 Å². The van der Waals surface area contributed by atoms with Crippen molar-refractivity contribution in [2.24, 2.45) is 0 Å². The normalized spacial score (nSPS) is 10.8. The van der Waals surface area contributed by atoms with Crippen molar-refractivity contribution in [1.82, 2.24) is 9.97 Å². The van der Waals surface area contributed by atoms with Gasteiger partial charge in [0.1, 0.15) is 5.52 Å². The van der Waals surface area contributed by atoms with Gasteiger partial charge >= 0.3 is 0 Å². The van der Waals surface area contributed by atoms with Gasteiger partial charge < -0.3 is 4.42 Å². The molecule has 0 bridgehead atoms. The van der Waals surface area contributed by atoms with Crippen LogP contribution < -0.4 is 0 Å². The van der Waals surface area contributed by atoms with E-state index < -0.39 is 5.95 Å². The van der Waals surface area contributed by atoms with E-state index in [4.69, 9.17) is 4.42 Å². The van der Waals surface area contributed by atoms with Crippen LogP contribution in [-0.2, 0) is 0 Å². The summed E-state index contributed by atoms with van der Waals surface area (Å²) in [6.07, 6.45) is 0. The average molecular weight is 214 g/mol. The van der Waals surface area contributed by atoms with Crippen LogP contribution in [0.5, 0.6) is 0 Å². The Kier molecular flexibility index (Phi) is 1.93. The molecule has 0 atom stereocenters. The smallest absolute Gasteiger partial charge is 0.250 e. The molecule has 0 amide bonds. The van der Waals surface area contributed by atoms with Gasteiger partial charge in [0.05, 0.1) is 0 Å². The number of rotatable bonds is 1. The SMILES string of the molecule is Fc1ccc2nc(-c3ccccc3)oc2n1. The number of nitrogens with zero attached hydrogens (tertiary/aromatic N) is 2. The molecule has 0 aliphatic rings. The van der Waals surface area contributed by atoms with Crippen LogP contribution in [0, 0.1) is 5.95 Å². The van der Waals surface area contributed by atoms with Crippen LogP contribution in [0.25, 0.3) is 22.7 Å². The first kappa shape index (κ1) is 9.03. The molecule has 4 heteroatoms. The van der Waals surface area contributed by atoms with E-state index in [0.29, 0.717) is 11.4 Å². The molecular weight excluding hydrogens is 207 g/mol. The Balaban J connectivity index is 2.19. The van der Waals surface area contributed by atoms with E-state index in [-0.39, 0.29) is 5.71 Å². The van der Waals surface area contributed by atoms with Crippen LogP contribution >= 0.6 is 0 Å². The summed E-state index contributed by atoms with van der Waals surface area (Å²) in [6, 6.07) is 12.2. The predicted molar refractivity (Wildman–Crippen MR) is 57.2 cm³/mol. The number of fused-ring (bicyclic) bond motifs is 1. The molecule has 78 valence electrons. The number of hydrogen-bond acceptors (Lipinski definition) is 3. The predicted octanol–water partition coefficient (Wildman–Crippen LogP) is 3.03. The molecule has 0 radical (unpaired) electrons. The highest BCUT2D eigenvalue weighted by molar-refractivity contribution is 5.72. The standard InChI is InChI=1S/C12H7FN2O/c13-10-7-6-9-12(15-10)16-11(14-9)8-4-2-1-3-5-8/h1-7H. The van der Waals surface area contributed by atoms with Crippen molar-refractivity contribution >= 4 is 11.2 Å². The van der Waals surface area contributed by atoms with E-state index in [1.807, 2.05) is 30.3 Å². The molecule has 2 heterocycles. The minimum atomic E-state index is -0.566. The van der Waals surface area contributed by atoms with Crippen LogP contribution in [-0.4, -0.2) is 9.97 Å². The molecule has 3 nitrogen and oxygen atoms in total. The second-order valence-electron chi connectivity index (χ2n) is 3.34. The van der Waals surface area contributed by atoms with Crippen molar-refractivity contribution in [3.05, 3.63) is 48.4 Å². The van der Waals surface area contributed by atoms with Crippen molar-refractivity contribution in [1.29, 1.82) is 0 Å². The lowest BCUT2D eigenvalue weighted by molar-refractivity contribution is 0.559.